The first-order chi connectivity index (χ1) is 7.78. The third-order valence-electron chi connectivity index (χ3n) is 1.90. The minimum absolute atomic E-state index is 0.390. The van der Waals surface area contributed by atoms with E-state index in [1.54, 1.807) is 25.3 Å². The summed E-state index contributed by atoms with van der Waals surface area (Å²) in [6.45, 7) is 2.20. The molecule has 2 rings (SSSR count). The van der Waals surface area contributed by atoms with Crippen molar-refractivity contribution in [3.63, 3.8) is 0 Å². The Bertz CT molecular complexity index is 511. The van der Waals surface area contributed by atoms with Crippen LogP contribution in [0, 0.1) is 18.3 Å². The molecule has 0 spiro atoms. The maximum Gasteiger partial charge on any atom is 0.223 e. The van der Waals surface area contributed by atoms with Gasteiger partial charge in [0.2, 0.25) is 5.89 Å². The van der Waals surface area contributed by atoms with Crippen molar-refractivity contribution in [2.45, 2.75) is 13.5 Å². The van der Waals surface area contributed by atoms with Gasteiger partial charge in [-0.25, -0.2) is 4.98 Å². The fraction of sp³-hybridized carbons (Fsp3) is 0.200. The highest BCUT2D eigenvalue weighted by Gasteiger charge is 2.01. The molecule has 2 aromatic rings. The molecule has 0 saturated carbocycles. The summed E-state index contributed by atoms with van der Waals surface area (Å²) in [4.78, 5) is 7.97. The second kappa shape index (κ2) is 4.40. The molecule has 0 aliphatic rings. The largest absolute Gasteiger partial charge is 0.376 e. The van der Waals surface area contributed by atoms with E-state index >= 15 is 0 Å². The van der Waals surface area contributed by atoms with Crippen molar-refractivity contribution < 1.29 is 4.52 Å². The van der Waals surface area contributed by atoms with Crippen LogP contribution in [0.15, 0.2) is 22.9 Å². The molecule has 6 heteroatoms. The molecule has 2 aromatic heterocycles. The second-order valence-electron chi connectivity index (χ2n) is 3.13. The molecule has 0 bridgehead atoms. The maximum atomic E-state index is 8.57. The monoisotopic (exact) mass is 215 g/mol. The number of anilines is 1. The third kappa shape index (κ3) is 2.33. The van der Waals surface area contributed by atoms with E-state index in [0.29, 0.717) is 24.0 Å². The minimum Gasteiger partial charge on any atom is -0.376 e. The number of rotatable bonds is 3. The van der Waals surface area contributed by atoms with E-state index in [-0.39, 0.29) is 0 Å². The Labute approximate surface area is 91.9 Å². The summed E-state index contributed by atoms with van der Waals surface area (Å²) in [6.07, 6.45) is 1.59. The second-order valence-corrected chi connectivity index (χ2v) is 3.13. The Morgan fingerprint density at radius 1 is 1.50 bits per heavy atom. The van der Waals surface area contributed by atoms with Crippen LogP contribution in [0.3, 0.4) is 0 Å². The van der Waals surface area contributed by atoms with Gasteiger partial charge in [-0.15, -0.1) is 0 Å². The number of nitrogens with zero attached hydrogens (tertiary/aromatic N) is 4. The van der Waals surface area contributed by atoms with E-state index in [2.05, 4.69) is 20.4 Å². The van der Waals surface area contributed by atoms with Crippen LogP contribution < -0.4 is 5.32 Å². The Kier molecular flexibility index (Phi) is 2.78. The quantitative estimate of drug-likeness (QED) is 0.829. The van der Waals surface area contributed by atoms with Crippen molar-refractivity contribution in [3.05, 3.63) is 35.7 Å². The molecule has 80 valence electrons. The molecular formula is C10H9N5O. The predicted molar refractivity (Wildman–Crippen MR) is 55.3 cm³/mol. The van der Waals surface area contributed by atoms with E-state index in [1.807, 2.05) is 6.07 Å². The van der Waals surface area contributed by atoms with Gasteiger partial charge >= 0.3 is 0 Å². The van der Waals surface area contributed by atoms with Crippen molar-refractivity contribution in [2.75, 3.05) is 5.32 Å². The summed E-state index contributed by atoms with van der Waals surface area (Å²) in [5.74, 6) is 1.12. The Morgan fingerprint density at radius 2 is 2.38 bits per heavy atom. The predicted octanol–water partition coefficient (Wildman–Crippen LogP) is 1.26. The van der Waals surface area contributed by atoms with E-state index in [9.17, 15) is 0 Å². The molecule has 1 N–H and O–H groups in total. The number of aryl methyl sites for hydroxylation is 1. The molecule has 0 aliphatic heterocycles. The van der Waals surface area contributed by atoms with Crippen LogP contribution in [0.1, 0.15) is 17.4 Å². The minimum atomic E-state index is 0.390. The summed E-state index contributed by atoms with van der Waals surface area (Å²) in [5, 5.41) is 15.4. The van der Waals surface area contributed by atoms with Crippen molar-refractivity contribution in [2.24, 2.45) is 0 Å². The number of aromatic nitrogens is 3. The zero-order valence-electron chi connectivity index (χ0n) is 8.64. The lowest BCUT2D eigenvalue weighted by molar-refractivity contribution is 0.388. The molecule has 16 heavy (non-hydrogen) atoms. The van der Waals surface area contributed by atoms with Crippen LogP contribution in [0.25, 0.3) is 0 Å². The SMILES string of the molecule is Cc1nc(CNc2ccc(C#N)nc2)no1. The summed E-state index contributed by atoms with van der Waals surface area (Å²) in [5.41, 5.74) is 1.20. The highest BCUT2D eigenvalue weighted by Crippen LogP contribution is 2.07. The van der Waals surface area contributed by atoms with Gasteiger partial charge in [-0.1, -0.05) is 5.16 Å². The number of hydrogen-bond acceptors (Lipinski definition) is 6. The lowest BCUT2D eigenvalue weighted by Crippen LogP contribution is -2.01. The zero-order chi connectivity index (χ0) is 11.4. The molecule has 0 amide bonds. The standard InChI is InChI=1S/C10H9N5O/c1-7-14-10(15-16-7)6-13-9-3-2-8(4-11)12-5-9/h2-3,5,13H,6H2,1H3. The van der Waals surface area contributed by atoms with Crippen molar-refractivity contribution >= 4 is 5.69 Å². The van der Waals surface area contributed by atoms with Crippen LogP contribution in [0.2, 0.25) is 0 Å². The van der Waals surface area contributed by atoms with Gasteiger partial charge in [0, 0.05) is 6.92 Å². The van der Waals surface area contributed by atoms with Gasteiger partial charge in [-0.2, -0.15) is 10.2 Å². The lowest BCUT2D eigenvalue weighted by atomic mass is 10.3. The molecular weight excluding hydrogens is 206 g/mol. The normalized spacial score (nSPS) is 9.75. The van der Waals surface area contributed by atoms with Gasteiger partial charge in [0.15, 0.2) is 5.82 Å². The molecule has 2 heterocycles. The number of pyridine rings is 1. The van der Waals surface area contributed by atoms with Gasteiger partial charge in [0.05, 0.1) is 18.4 Å². The smallest absolute Gasteiger partial charge is 0.223 e. The van der Waals surface area contributed by atoms with Crippen LogP contribution >= 0.6 is 0 Å². The molecule has 0 atom stereocenters. The summed E-state index contributed by atoms with van der Waals surface area (Å²) < 4.78 is 4.83. The molecule has 0 saturated heterocycles. The third-order valence-corrected chi connectivity index (χ3v) is 1.90. The molecule has 0 aromatic carbocycles. The van der Waals surface area contributed by atoms with E-state index < -0.39 is 0 Å². The van der Waals surface area contributed by atoms with Crippen LogP contribution in [0.4, 0.5) is 5.69 Å². The summed E-state index contributed by atoms with van der Waals surface area (Å²) >= 11 is 0. The average Bonchev–Trinajstić information content (AvgIpc) is 2.73. The molecule has 0 unspecified atom stereocenters. The number of nitriles is 1. The first-order valence-electron chi connectivity index (χ1n) is 4.67. The van der Waals surface area contributed by atoms with Gasteiger partial charge in [-0.3, -0.25) is 0 Å². The number of hydrogen-bond donors (Lipinski definition) is 1. The molecule has 0 radical (unpaired) electrons. The van der Waals surface area contributed by atoms with Gasteiger partial charge in [0.25, 0.3) is 0 Å². The topological polar surface area (TPSA) is 87.6 Å². The zero-order valence-corrected chi connectivity index (χ0v) is 8.64. The first-order valence-corrected chi connectivity index (χ1v) is 4.67. The van der Waals surface area contributed by atoms with Gasteiger partial charge < -0.3 is 9.84 Å². The van der Waals surface area contributed by atoms with Crippen molar-refractivity contribution in [1.29, 1.82) is 5.26 Å². The highest BCUT2D eigenvalue weighted by atomic mass is 16.5. The van der Waals surface area contributed by atoms with E-state index in [4.69, 9.17) is 9.78 Å². The van der Waals surface area contributed by atoms with Gasteiger partial charge in [-0.05, 0) is 12.1 Å². The highest BCUT2D eigenvalue weighted by molar-refractivity contribution is 5.42. The van der Waals surface area contributed by atoms with E-state index in [0.717, 1.165) is 5.69 Å². The molecule has 0 aliphatic carbocycles. The first kappa shape index (κ1) is 10.1. The van der Waals surface area contributed by atoms with Crippen molar-refractivity contribution in [3.8, 4) is 6.07 Å². The molecule has 0 fully saturated rings. The van der Waals surface area contributed by atoms with Crippen LogP contribution in [0.5, 0.6) is 0 Å². The Hall–Kier alpha value is -2.42. The number of nitrogens with one attached hydrogen (secondary N) is 1. The van der Waals surface area contributed by atoms with E-state index in [1.165, 1.54) is 0 Å². The Morgan fingerprint density at radius 3 is 2.94 bits per heavy atom. The summed E-state index contributed by atoms with van der Waals surface area (Å²) in [6, 6.07) is 5.37. The lowest BCUT2D eigenvalue weighted by Gasteiger charge is -2.01. The fourth-order valence-electron chi connectivity index (χ4n) is 1.16. The maximum absolute atomic E-state index is 8.57. The van der Waals surface area contributed by atoms with Crippen molar-refractivity contribution in [1.82, 2.24) is 15.1 Å². The Balaban J connectivity index is 1.97. The molecule has 6 nitrogen and oxygen atoms in total. The van der Waals surface area contributed by atoms with Crippen LogP contribution in [-0.2, 0) is 6.54 Å². The fourth-order valence-corrected chi connectivity index (χ4v) is 1.16. The average molecular weight is 215 g/mol. The van der Waals surface area contributed by atoms with Crippen LogP contribution in [-0.4, -0.2) is 15.1 Å². The summed E-state index contributed by atoms with van der Waals surface area (Å²) in [7, 11) is 0. The van der Waals surface area contributed by atoms with Gasteiger partial charge in [0.1, 0.15) is 11.8 Å².